The van der Waals surface area contributed by atoms with E-state index in [1.165, 1.54) is 24.3 Å². The van der Waals surface area contributed by atoms with E-state index < -0.39 is 27.9 Å². The van der Waals surface area contributed by atoms with E-state index in [2.05, 4.69) is 25.8 Å². The number of hydrogen-bond donors (Lipinski definition) is 3. The number of nitro benzene ring substituents is 1. The van der Waals surface area contributed by atoms with Gasteiger partial charge < -0.3 is 4.74 Å². The van der Waals surface area contributed by atoms with Crippen molar-refractivity contribution in [2.75, 3.05) is 11.9 Å². The molecular formula is C17H14N6O7S. The number of aromatic amines is 1. The lowest BCUT2D eigenvalue weighted by molar-refractivity contribution is -0.385. The third-order valence-electron chi connectivity index (χ3n) is 3.80. The molecule has 1 aromatic carbocycles. The summed E-state index contributed by atoms with van der Waals surface area (Å²) >= 11 is 0.684. The number of anilines is 1. The van der Waals surface area contributed by atoms with E-state index in [0.29, 0.717) is 17.3 Å². The van der Waals surface area contributed by atoms with Crippen LogP contribution in [0.4, 0.5) is 16.4 Å². The zero-order valence-electron chi connectivity index (χ0n) is 15.8. The van der Waals surface area contributed by atoms with Gasteiger partial charge in [-0.2, -0.15) is 4.98 Å². The van der Waals surface area contributed by atoms with Crippen molar-refractivity contribution in [3.05, 3.63) is 50.2 Å². The number of carbonyl (C=O) groups excluding carboxylic acids is 4. The smallest absolute Gasteiger partial charge is 0.375 e. The lowest BCUT2D eigenvalue weighted by Gasteiger charge is -2.04. The third-order valence-corrected chi connectivity index (χ3v) is 4.61. The number of hydrogen-bond acceptors (Lipinski definition) is 10. The Labute approximate surface area is 177 Å². The summed E-state index contributed by atoms with van der Waals surface area (Å²) in [6.45, 7) is 1.75. The van der Waals surface area contributed by atoms with E-state index in [9.17, 15) is 29.3 Å². The van der Waals surface area contributed by atoms with E-state index in [1.807, 2.05) is 0 Å². The van der Waals surface area contributed by atoms with Gasteiger partial charge in [0.2, 0.25) is 17.7 Å². The Morgan fingerprint density at radius 3 is 2.77 bits per heavy atom. The minimum atomic E-state index is -0.744. The molecule has 2 aromatic rings. The van der Waals surface area contributed by atoms with Gasteiger partial charge in [-0.15, -0.1) is 5.10 Å². The van der Waals surface area contributed by atoms with Crippen LogP contribution >= 0.6 is 11.8 Å². The van der Waals surface area contributed by atoms with Gasteiger partial charge in [-0.25, -0.2) is 4.79 Å². The maximum absolute atomic E-state index is 12.3. The summed E-state index contributed by atoms with van der Waals surface area (Å²) in [5.74, 6) is -2.37. The maximum atomic E-state index is 12.3. The molecule has 1 saturated heterocycles. The topological polar surface area (TPSA) is 186 Å². The molecule has 0 radical (unpaired) electrons. The predicted molar refractivity (Wildman–Crippen MR) is 107 cm³/mol. The van der Waals surface area contributed by atoms with Gasteiger partial charge in [0.05, 0.1) is 22.9 Å². The molecule has 13 nitrogen and oxygen atoms in total. The number of nitrogens with zero attached hydrogens (tertiary/aromatic N) is 3. The van der Waals surface area contributed by atoms with E-state index in [-0.39, 0.29) is 41.0 Å². The molecule has 0 aliphatic carbocycles. The molecule has 2 heterocycles. The molecule has 3 rings (SSSR count). The van der Waals surface area contributed by atoms with Crippen LogP contribution in [0.15, 0.2) is 23.1 Å². The molecule has 160 valence electrons. The fourth-order valence-corrected chi connectivity index (χ4v) is 3.20. The maximum Gasteiger partial charge on any atom is 0.375 e. The first-order valence-electron chi connectivity index (χ1n) is 8.68. The van der Waals surface area contributed by atoms with E-state index in [4.69, 9.17) is 4.74 Å². The molecule has 31 heavy (non-hydrogen) atoms. The van der Waals surface area contributed by atoms with Gasteiger partial charge in [-0.3, -0.25) is 40.2 Å². The first-order valence-corrected chi connectivity index (χ1v) is 9.50. The fourth-order valence-electron chi connectivity index (χ4n) is 2.51. The Kier molecular flexibility index (Phi) is 6.40. The lowest BCUT2D eigenvalue weighted by atomic mass is 10.1. The number of esters is 1. The molecule has 0 unspecified atom stereocenters. The van der Waals surface area contributed by atoms with Crippen molar-refractivity contribution in [2.45, 2.75) is 13.3 Å². The molecule has 1 fully saturated rings. The molecule has 1 aliphatic rings. The zero-order valence-corrected chi connectivity index (χ0v) is 16.6. The standard InChI is InChI=1S/C17H14N6O7S/c1-2-30-15(26)13-19-16(22-21-13)18-12(24)7-9-4-3-8(5-10(9)23(28)29)6-11-14(25)20-17(27)31-11/h3-6H,2,7H2,1H3,(H,20,25,27)(H2,18,19,21,22,24)/b11-6-. The molecule has 14 heteroatoms. The zero-order chi connectivity index (χ0) is 22.5. The monoisotopic (exact) mass is 446 g/mol. The first kappa shape index (κ1) is 21.6. The number of rotatable bonds is 7. The average molecular weight is 446 g/mol. The van der Waals surface area contributed by atoms with Gasteiger partial charge in [-0.05, 0) is 30.3 Å². The van der Waals surface area contributed by atoms with Crippen molar-refractivity contribution in [1.29, 1.82) is 0 Å². The number of aromatic nitrogens is 3. The van der Waals surface area contributed by atoms with Crippen molar-refractivity contribution in [3.8, 4) is 0 Å². The highest BCUT2D eigenvalue weighted by Crippen LogP contribution is 2.28. The number of carbonyl (C=O) groups is 4. The normalized spacial score (nSPS) is 14.4. The molecule has 0 saturated carbocycles. The Hall–Kier alpha value is -4.07. The van der Waals surface area contributed by atoms with E-state index in [0.717, 1.165) is 0 Å². The van der Waals surface area contributed by atoms with Crippen molar-refractivity contribution < 1.29 is 28.8 Å². The van der Waals surface area contributed by atoms with E-state index >= 15 is 0 Å². The summed E-state index contributed by atoms with van der Waals surface area (Å²) in [6.07, 6.45) is 0.969. The number of ether oxygens (including phenoxy) is 1. The van der Waals surface area contributed by atoms with Crippen LogP contribution in [0.5, 0.6) is 0 Å². The Morgan fingerprint density at radius 1 is 1.35 bits per heavy atom. The van der Waals surface area contributed by atoms with Crippen LogP contribution < -0.4 is 10.6 Å². The van der Waals surface area contributed by atoms with Gasteiger partial charge in [0.25, 0.3) is 16.8 Å². The van der Waals surface area contributed by atoms with Crippen LogP contribution in [-0.2, 0) is 20.7 Å². The average Bonchev–Trinajstić information content (AvgIpc) is 3.29. The van der Waals surface area contributed by atoms with Crippen LogP contribution in [-0.4, -0.2) is 49.7 Å². The Balaban J connectivity index is 1.73. The molecule has 3 amide bonds. The SMILES string of the molecule is CCOC(=O)c1nc(NC(=O)Cc2ccc(/C=C3\SC(=O)NC3=O)cc2[N+](=O)[O-])n[nH]1. The highest BCUT2D eigenvalue weighted by atomic mass is 32.2. The Bertz CT molecular complexity index is 1130. The molecular weight excluding hydrogens is 432 g/mol. The number of thioether (sulfide) groups is 1. The van der Waals surface area contributed by atoms with Crippen LogP contribution in [0.25, 0.3) is 6.08 Å². The lowest BCUT2D eigenvalue weighted by Crippen LogP contribution is -2.17. The van der Waals surface area contributed by atoms with Gasteiger partial charge in [0.1, 0.15) is 0 Å². The van der Waals surface area contributed by atoms with Crippen LogP contribution in [0.2, 0.25) is 0 Å². The molecule has 1 aromatic heterocycles. The van der Waals surface area contributed by atoms with Crippen molar-refractivity contribution in [2.24, 2.45) is 0 Å². The van der Waals surface area contributed by atoms with Gasteiger partial charge in [0, 0.05) is 11.6 Å². The highest BCUT2D eigenvalue weighted by Gasteiger charge is 2.25. The van der Waals surface area contributed by atoms with Crippen LogP contribution in [0, 0.1) is 10.1 Å². The highest BCUT2D eigenvalue weighted by molar-refractivity contribution is 8.18. The summed E-state index contributed by atoms with van der Waals surface area (Å²) < 4.78 is 4.75. The van der Waals surface area contributed by atoms with Crippen molar-refractivity contribution in [1.82, 2.24) is 20.5 Å². The summed E-state index contributed by atoms with van der Waals surface area (Å²) in [4.78, 5) is 61.3. The molecule has 3 N–H and O–H groups in total. The largest absolute Gasteiger partial charge is 0.460 e. The fraction of sp³-hybridized carbons (Fsp3) is 0.176. The number of nitro groups is 1. The number of amides is 3. The second kappa shape index (κ2) is 9.17. The third kappa shape index (κ3) is 5.30. The summed E-state index contributed by atoms with van der Waals surface area (Å²) in [5, 5.41) is 21.3. The van der Waals surface area contributed by atoms with Crippen molar-refractivity contribution in [3.63, 3.8) is 0 Å². The number of H-pyrrole nitrogens is 1. The predicted octanol–water partition coefficient (Wildman–Crippen LogP) is 1.39. The second-order valence-corrected chi connectivity index (χ2v) is 6.97. The number of benzene rings is 1. The van der Waals surface area contributed by atoms with Crippen LogP contribution in [0.1, 0.15) is 28.7 Å². The van der Waals surface area contributed by atoms with Gasteiger partial charge >= 0.3 is 5.97 Å². The van der Waals surface area contributed by atoms with Crippen molar-refractivity contribution >= 4 is 52.5 Å². The quantitative estimate of drug-likeness (QED) is 0.243. The minimum Gasteiger partial charge on any atom is -0.460 e. The van der Waals surface area contributed by atoms with Gasteiger partial charge in [-0.1, -0.05) is 12.1 Å². The van der Waals surface area contributed by atoms with Gasteiger partial charge in [0.15, 0.2) is 0 Å². The molecule has 0 spiro atoms. The summed E-state index contributed by atoms with van der Waals surface area (Å²) in [6, 6.07) is 4.04. The summed E-state index contributed by atoms with van der Waals surface area (Å²) in [7, 11) is 0. The first-order chi connectivity index (χ1) is 14.8. The molecule has 1 aliphatic heterocycles. The summed E-state index contributed by atoms with van der Waals surface area (Å²) in [5.41, 5.74) is 0.0723. The van der Waals surface area contributed by atoms with Crippen LogP contribution in [0.3, 0.4) is 0 Å². The Morgan fingerprint density at radius 2 is 2.13 bits per heavy atom. The molecule has 0 bridgehead atoms. The second-order valence-electron chi connectivity index (χ2n) is 5.95. The minimum absolute atomic E-state index is 0.102. The van der Waals surface area contributed by atoms with E-state index in [1.54, 1.807) is 6.92 Å². The number of nitrogens with one attached hydrogen (secondary N) is 3. The molecule has 0 atom stereocenters. The number of imide groups is 1.